The lowest BCUT2D eigenvalue weighted by Crippen LogP contribution is -2.15. The number of carbonyl (C=O) groups excluding carboxylic acids is 1. The molecule has 1 aromatic carbocycles. The molecule has 2 rings (SSSR count). The molecular formula is C10H10N4O4. The number of rotatable bonds is 2. The number of non-ortho nitro benzene ring substituents is 1. The first-order valence-corrected chi connectivity index (χ1v) is 5.14. The second-order valence-electron chi connectivity index (χ2n) is 3.45. The number of ether oxygens (including phenoxy) is 1. The highest BCUT2D eigenvalue weighted by Crippen LogP contribution is 2.25. The topological polar surface area (TPSA) is 113 Å². The summed E-state index contributed by atoms with van der Waals surface area (Å²) in [6.07, 6.45) is -0.673. The van der Waals surface area contributed by atoms with Gasteiger partial charge in [0.25, 0.3) is 5.69 Å². The van der Waals surface area contributed by atoms with Gasteiger partial charge >= 0.3 is 6.09 Å². The van der Waals surface area contributed by atoms with E-state index in [2.05, 4.69) is 5.10 Å². The molecule has 0 spiro atoms. The van der Waals surface area contributed by atoms with Gasteiger partial charge in [-0.15, -0.1) is 5.10 Å². The van der Waals surface area contributed by atoms with Crippen molar-refractivity contribution in [2.45, 2.75) is 6.92 Å². The fraction of sp³-hybridized carbons (Fsp3) is 0.200. The van der Waals surface area contributed by atoms with Crippen LogP contribution in [0, 0.1) is 10.1 Å². The molecular weight excluding hydrogens is 240 g/mol. The molecule has 1 aromatic heterocycles. The van der Waals surface area contributed by atoms with Gasteiger partial charge in [0.05, 0.1) is 22.4 Å². The van der Waals surface area contributed by atoms with Crippen LogP contribution >= 0.6 is 0 Å². The summed E-state index contributed by atoms with van der Waals surface area (Å²) in [5.74, 6) is 0.0433. The highest BCUT2D eigenvalue weighted by atomic mass is 16.6. The molecule has 1 heterocycles. The normalized spacial score (nSPS) is 10.5. The highest BCUT2D eigenvalue weighted by Gasteiger charge is 2.17. The summed E-state index contributed by atoms with van der Waals surface area (Å²) in [5, 5.41) is 14.8. The van der Waals surface area contributed by atoms with Crippen LogP contribution in [0.5, 0.6) is 0 Å². The Morgan fingerprint density at radius 1 is 1.61 bits per heavy atom. The molecule has 2 N–H and O–H groups in total. The van der Waals surface area contributed by atoms with Gasteiger partial charge in [-0.05, 0) is 13.0 Å². The van der Waals surface area contributed by atoms with E-state index in [1.807, 2.05) is 0 Å². The van der Waals surface area contributed by atoms with E-state index in [-0.39, 0.29) is 18.1 Å². The number of nitrogens with zero attached hydrogens (tertiary/aromatic N) is 3. The number of fused-ring (bicyclic) bond motifs is 1. The Kier molecular flexibility index (Phi) is 2.84. The maximum atomic E-state index is 11.6. The number of aromatic nitrogens is 2. The molecule has 8 nitrogen and oxygen atoms in total. The number of carbonyl (C=O) groups is 1. The van der Waals surface area contributed by atoms with Gasteiger partial charge in [0.15, 0.2) is 5.82 Å². The molecule has 18 heavy (non-hydrogen) atoms. The Balaban J connectivity index is 2.59. The average Bonchev–Trinajstić information content (AvgIpc) is 2.67. The van der Waals surface area contributed by atoms with E-state index in [0.717, 1.165) is 4.68 Å². The standard InChI is InChI=1S/C10H10N4O4/c1-2-18-10(15)13-8-4-3-6(14(16)17)5-7(8)9(11)12-13/h3-5H,2H2,1H3,(H2,11,12). The Labute approximate surface area is 101 Å². The molecule has 0 bridgehead atoms. The van der Waals surface area contributed by atoms with Crippen LogP contribution in [0.3, 0.4) is 0 Å². The van der Waals surface area contributed by atoms with Crippen molar-refractivity contribution in [2.75, 3.05) is 12.3 Å². The molecule has 0 amide bonds. The van der Waals surface area contributed by atoms with Crippen molar-refractivity contribution in [3.05, 3.63) is 28.3 Å². The Morgan fingerprint density at radius 2 is 2.33 bits per heavy atom. The monoisotopic (exact) mass is 250 g/mol. The molecule has 0 aliphatic heterocycles. The molecule has 0 aliphatic carbocycles. The van der Waals surface area contributed by atoms with Gasteiger partial charge < -0.3 is 10.5 Å². The third-order valence-corrected chi connectivity index (χ3v) is 2.34. The van der Waals surface area contributed by atoms with E-state index in [9.17, 15) is 14.9 Å². The highest BCUT2D eigenvalue weighted by molar-refractivity contribution is 5.95. The van der Waals surface area contributed by atoms with Gasteiger partial charge in [0.2, 0.25) is 0 Å². The van der Waals surface area contributed by atoms with Crippen molar-refractivity contribution in [3.8, 4) is 0 Å². The summed E-state index contributed by atoms with van der Waals surface area (Å²) in [5.41, 5.74) is 5.88. The number of nitro benzene ring substituents is 1. The average molecular weight is 250 g/mol. The minimum absolute atomic E-state index is 0.0433. The molecule has 0 fully saturated rings. The number of hydrogen-bond donors (Lipinski definition) is 1. The first kappa shape index (κ1) is 11.8. The molecule has 8 heteroatoms. The Bertz CT molecular complexity index is 634. The van der Waals surface area contributed by atoms with Crippen molar-refractivity contribution in [1.82, 2.24) is 9.78 Å². The van der Waals surface area contributed by atoms with Crippen LogP contribution in [0.4, 0.5) is 16.3 Å². The summed E-state index contributed by atoms with van der Waals surface area (Å²) in [7, 11) is 0. The number of nitrogens with two attached hydrogens (primary N) is 1. The van der Waals surface area contributed by atoms with Crippen LogP contribution in [-0.2, 0) is 4.74 Å². The number of hydrogen-bond acceptors (Lipinski definition) is 6. The van der Waals surface area contributed by atoms with Gasteiger partial charge in [-0.1, -0.05) is 0 Å². The second-order valence-corrected chi connectivity index (χ2v) is 3.45. The van der Waals surface area contributed by atoms with Crippen molar-refractivity contribution in [1.29, 1.82) is 0 Å². The number of anilines is 1. The molecule has 0 saturated heterocycles. The molecule has 0 saturated carbocycles. The van der Waals surface area contributed by atoms with Gasteiger partial charge in [-0.3, -0.25) is 10.1 Å². The predicted molar refractivity (Wildman–Crippen MR) is 63.2 cm³/mol. The van der Waals surface area contributed by atoms with Crippen LogP contribution < -0.4 is 5.73 Å². The quantitative estimate of drug-likeness (QED) is 0.638. The Hall–Kier alpha value is -2.64. The van der Waals surface area contributed by atoms with Crippen molar-refractivity contribution in [2.24, 2.45) is 0 Å². The minimum Gasteiger partial charge on any atom is -0.448 e. The predicted octanol–water partition coefficient (Wildman–Crippen LogP) is 1.53. The number of nitrogen functional groups attached to an aromatic ring is 1. The van der Waals surface area contributed by atoms with E-state index >= 15 is 0 Å². The largest absolute Gasteiger partial charge is 0.448 e. The zero-order valence-electron chi connectivity index (χ0n) is 9.49. The second kappa shape index (κ2) is 4.32. The van der Waals surface area contributed by atoms with Crippen molar-refractivity contribution < 1.29 is 14.5 Å². The van der Waals surface area contributed by atoms with Gasteiger partial charge in [0, 0.05) is 12.1 Å². The first-order chi connectivity index (χ1) is 8.54. The lowest BCUT2D eigenvalue weighted by atomic mass is 10.2. The molecule has 2 aromatic rings. The lowest BCUT2D eigenvalue weighted by molar-refractivity contribution is -0.384. The van der Waals surface area contributed by atoms with Crippen LogP contribution in [0.25, 0.3) is 10.9 Å². The number of nitro groups is 1. The Morgan fingerprint density at radius 3 is 2.94 bits per heavy atom. The summed E-state index contributed by atoms with van der Waals surface area (Å²) >= 11 is 0. The third-order valence-electron chi connectivity index (χ3n) is 2.34. The van der Waals surface area contributed by atoms with E-state index in [4.69, 9.17) is 10.5 Å². The zero-order valence-corrected chi connectivity index (χ0v) is 9.49. The van der Waals surface area contributed by atoms with E-state index in [1.54, 1.807) is 6.92 Å². The van der Waals surface area contributed by atoms with Crippen LogP contribution in [0.15, 0.2) is 18.2 Å². The summed E-state index contributed by atoms with van der Waals surface area (Å²) < 4.78 is 5.78. The van der Waals surface area contributed by atoms with Crippen LogP contribution in [0.1, 0.15) is 6.92 Å². The molecule has 0 radical (unpaired) electrons. The summed E-state index contributed by atoms with van der Waals surface area (Å²) in [6.45, 7) is 1.87. The molecule has 0 aliphatic rings. The first-order valence-electron chi connectivity index (χ1n) is 5.14. The fourth-order valence-electron chi connectivity index (χ4n) is 1.57. The molecule has 0 atom stereocenters. The van der Waals surface area contributed by atoms with E-state index < -0.39 is 11.0 Å². The maximum absolute atomic E-state index is 11.6. The zero-order chi connectivity index (χ0) is 13.3. The third kappa shape index (κ3) is 1.83. The van der Waals surface area contributed by atoms with E-state index in [1.165, 1.54) is 18.2 Å². The number of benzene rings is 1. The van der Waals surface area contributed by atoms with E-state index in [0.29, 0.717) is 10.9 Å². The van der Waals surface area contributed by atoms with Crippen LogP contribution in [-0.4, -0.2) is 27.4 Å². The molecule has 0 unspecified atom stereocenters. The van der Waals surface area contributed by atoms with Gasteiger partial charge in [-0.25, -0.2) is 4.79 Å². The lowest BCUT2D eigenvalue weighted by Gasteiger charge is -2.01. The van der Waals surface area contributed by atoms with Crippen molar-refractivity contribution >= 4 is 28.5 Å². The van der Waals surface area contributed by atoms with Crippen LogP contribution in [0.2, 0.25) is 0 Å². The fourth-order valence-corrected chi connectivity index (χ4v) is 1.57. The van der Waals surface area contributed by atoms with Gasteiger partial charge in [0.1, 0.15) is 0 Å². The SMILES string of the molecule is CCOC(=O)n1nc(N)c2cc([N+](=O)[O-])ccc21. The molecule has 94 valence electrons. The smallest absolute Gasteiger partial charge is 0.435 e. The minimum atomic E-state index is -0.673. The van der Waals surface area contributed by atoms with Gasteiger partial charge in [-0.2, -0.15) is 4.68 Å². The summed E-state index contributed by atoms with van der Waals surface area (Å²) in [4.78, 5) is 21.7. The maximum Gasteiger partial charge on any atom is 0.435 e. The van der Waals surface area contributed by atoms with Crippen molar-refractivity contribution in [3.63, 3.8) is 0 Å². The summed E-state index contributed by atoms with van der Waals surface area (Å²) in [6, 6.07) is 3.96.